The van der Waals surface area contributed by atoms with Crippen LogP contribution in [0.4, 0.5) is 11.9 Å². The lowest BCUT2D eigenvalue weighted by Crippen LogP contribution is -2.27. The van der Waals surface area contributed by atoms with Gasteiger partial charge in [-0.2, -0.15) is 15.0 Å². The van der Waals surface area contributed by atoms with Crippen LogP contribution in [0.1, 0.15) is 18.7 Å². The van der Waals surface area contributed by atoms with Crippen LogP contribution in [0, 0.1) is 0 Å². The average molecular weight is 298 g/mol. The zero-order valence-corrected chi connectivity index (χ0v) is 12.6. The maximum Gasteiger partial charge on any atom is 0.228 e. The van der Waals surface area contributed by atoms with Gasteiger partial charge in [0.15, 0.2) is 0 Å². The summed E-state index contributed by atoms with van der Waals surface area (Å²) < 4.78 is 0. The van der Waals surface area contributed by atoms with E-state index in [1.807, 2.05) is 0 Å². The van der Waals surface area contributed by atoms with E-state index in [1.54, 1.807) is 18.4 Å². The van der Waals surface area contributed by atoms with Gasteiger partial charge in [-0.05, 0) is 23.0 Å². The van der Waals surface area contributed by atoms with Crippen molar-refractivity contribution in [2.75, 3.05) is 24.2 Å². The Kier molecular flexibility index (Phi) is 4.21. The van der Waals surface area contributed by atoms with Crippen LogP contribution in [0.3, 0.4) is 0 Å². The molecule has 5 nitrogen and oxygen atoms in total. The topological polar surface area (TPSA) is 62.7 Å². The number of rotatable bonds is 5. The number of halogens is 1. The first-order valence-corrected chi connectivity index (χ1v) is 7.14. The quantitative estimate of drug-likeness (QED) is 0.888. The summed E-state index contributed by atoms with van der Waals surface area (Å²) in [5.41, 5.74) is 0.00702. The summed E-state index contributed by atoms with van der Waals surface area (Å²) >= 11 is 7.58. The molecule has 0 fully saturated rings. The van der Waals surface area contributed by atoms with Crippen LogP contribution in [0.25, 0.3) is 0 Å². The minimum Gasteiger partial charge on any atom is -0.357 e. The smallest absolute Gasteiger partial charge is 0.228 e. The van der Waals surface area contributed by atoms with E-state index in [0.29, 0.717) is 11.9 Å². The van der Waals surface area contributed by atoms with Crippen molar-refractivity contribution in [2.24, 2.45) is 0 Å². The van der Waals surface area contributed by atoms with Gasteiger partial charge in [-0.1, -0.05) is 19.9 Å². The maximum atomic E-state index is 5.84. The summed E-state index contributed by atoms with van der Waals surface area (Å²) in [6.07, 6.45) is 0. The summed E-state index contributed by atoms with van der Waals surface area (Å²) in [6.45, 7) is 5.07. The molecule has 2 N–H and O–H groups in total. The normalized spacial score (nSPS) is 11.4. The van der Waals surface area contributed by atoms with Gasteiger partial charge in [-0.15, -0.1) is 11.3 Å². The van der Waals surface area contributed by atoms with Gasteiger partial charge < -0.3 is 10.6 Å². The van der Waals surface area contributed by atoms with Crippen molar-refractivity contribution in [1.29, 1.82) is 0 Å². The van der Waals surface area contributed by atoms with E-state index in [9.17, 15) is 0 Å². The number of thiophene rings is 1. The highest BCUT2D eigenvalue weighted by molar-refractivity contribution is 7.10. The molecule has 2 rings (SSSR count). The van der Waals surface area contributed by atoms with Crippen LogP contribution >= 0.6 is 22.9 Å². The zero-order valence-electron chi connectivity index (χ0n) is 11.1. The molecule has 2 aromatic heterocycles. The fourth-order valence-electron chi connectivity index (χ4n) is 1.59. The van der Waals surface area contributed by atoms with E-state index >= 15 is 0 Å². The Balaban J connectivity index is 2.08. The second kappa shape index (κ2) is 5.71. The van der Waals surface area contributed by atoms with Crippen LogP contribution in [0.15, 0.2) is 17.5 Å². The molecule has 0 aliphatic rings. The van der Waals surface area contributed by atoms with Gasteiger partial charge in [0.25, 0.3) is 0 Å². The van der Waals surface area contributed by atoms with E-state index in [1.165, 1.54) is 4.88 Å². The monoisotopic (exact) mass is 297 g/mol. The molecule has 0 saturated carbocycles. The van der Waals surface area contributed by atoms with Crippen molar-refractivity contribution >= 4 is 34.8 Å². The minimum absolute atomic E-state index is 0.00702. The highest BCUT2D eigenvalue weighted by atomic mass is 35.5. The van der Waals surface area contributed by atoms with E-state index in [4.69, 9.17) is 11.6 Å². The van der Waals surface area contributed by atoms with Crippen molar-refractivity contribution in [3.05, 3.63) is 27.7 Å². The number of hydrogen-bond donors (Lipinski definition) is 2. The molecule has 0 unspecified atom stereocenters. The lowest BCUT2D eigenvalue weighted by molar-refractivity contribution is 0.567. The van der Waals surface area contributed by atoms with Crippen molar-refractivity contribution in [3.8, 4) is 0 Å². The molecule has 0 bridgehead atoms. The lowest BCUT2D eigenvalue weighted by Gasteiger charge is -2.23. The first-order chi connectivity index (χ1) is 9.01. The van der Waals surface area contributed by atoms with E-state index < -0.39 is 0 Å². The third-order valence-electron chi connectivity index (χ3n) is 2.71. The molecule has 2 heterocycles. The molecule has 19 heavy (non-hydrogen) atoms. The summed E-state index contributed by atoms with van der Waals surface area (Å²) in [7, 11) is 1.74. The fourth-order valence-corrected chi connectivity index (χ4v) is 2.60. The molecule has 0 aliphatic heterocycles. The van der Waals surface area contributed by atoms with Gasteiger partial charge >= 0.3 is 0 Å². The van der Waals surface area contributed by atoms with E-state index in [-0.39, 0.29) is 10.7 Å². The number of hydrogen-bond acceptors (Lipinski definition) is 6. The van der Waals surface area contributed by atoms with E-state index in [2.05, 4.69) is 56.9 Å². The molecule has 2 aromatic rings. The van der Waals surface area contributed by atoms with Crippen molar-refractivity contribution < 1.29 is 0 Å². The van der Waals surface area contributed by atoms with Gasteiger partial charge in [0.1, 0.15) is 0 Å². The Bertz CT molecular complexity index is 541. The Morgan fingerprint density at radius 3 is 2.63 bits per heavy atom. The Morgan fingerprint density at radius 1 is 1.26 bits per heavy atom. The largest absolute Gasteiger partial charge is 0.357 e. The van der Waals surface area contributed by atoms with Crippen LogP contribution in [-0.2, 0) is 5.41 Å². The average Bonchev–Trinajstić information content (AvgIpc) is 2.90. The molecule has 0 amide bonds. The molecule has 0 saturated heterocycles. The molecule has 0 atom stereocenters. The van der Waals surface area contributed by atoms with Crippen molar-refractivity contribution in [3.63, 3.8) is 0 Å². The Morgan fingerprint density at radius 2 is 2.00 bits per heavy atom. The Hall–Kier alpha value is -1.40. The number of nitrogens with one attached hydrogen (secondary N) is 2. The first-order valence-electron chi connectivity index (χ1n) is 5.88. The number of nitrogens with zero attached hydrogens (tertiary/aromatic N) is 3. The Labute approximate surface area is 121 Å². The van der Waals surface area contributed by atoms with Gasteiger partial charge in [0.2, 0.25) is 17.2 Å². The molecular formula is C12H16ClN5S. The summed E-state index contributed by atoms with van der Waals surface area (Å²) in [6, 6.07) is 4.19. The standard InChI is InChI=1S/C12H16ClN5S/c1-12(2,8-5-4-6-19-8)7-15-11-17-9(13)16-10(14-3)18-11/h4-6H,7H2,1-3H3,(H2,14,15,16,17,18). The summed E-state index contributed by atoms with van der Waals surface area (Å²) in [5, 5.41) is 8.31. The molecule has 0 spiro atoms. The SMILES string of the molecule is CNc1nc(Cl)nc(NCC(C)(C)c2cccs2)n1. The van der Waals surface area contributed by atoms with Gasteiger partial charge in [0.05, 0.1) is 0 Å². The lowest BCUT2D eigenvalue weighted by atomic mass is 9.91. The molecule has 0 aliphatic carbocycles. The predicted octanol–water partition coefficient (Wildman–Crippen LogP) is 3.02. The van der Waals surface area contributed by atoms with E-state index in [0.717, 1.165) is 6.54 Å². The molecule has 0 aromatic carbocycles. The second-order valence-corrected chi connectivity index (χ2v) is 6.00. The number of aromatic nitrogens is 3. The summed E-state index contributed by atoms with van der Waals surface area (Å²) in [5.74, 6) is 0.936. The second-order valence-electron chi connectivity index (χ2n) is 4.72. The third-order valence-corrected chi connectivity index (χ3v) is 4.11. The van der Waals surface area contributed by atoms with Gasteiger partial charge in [0, 0.05) is 23.9 Å². The van der Waals surface area contributed by atoms with Gasteiger partial charge in [-0.3, -0.25) is 0 Å². The van der Waals surface area contributed by atoms with Crippen LogP contribution in [0.2, 0.25) is 5.28 Å². The highest BCUT2D eigenvalue weighted by Crippen LogP contribution is 2.27. The molecule has 0 radical (unpaired) electrons. The van der Waals surface area contributed by atoms with Crippen molar-refractivity contribution in [2.45, 2.75) is 19.3 Å². The van der Waals surface area contributed by atoms with Crippen LogP contribution in [0.5, 0.6) is 0 Å². The van der Waals surface area contributed by atoms with Crippen LogP contribution in [-0.4, -0.2) is 28.5 Å². The predicted molar refractivity (Wildman–Crippen MR) is 80.2 cm³/mol. The summed E-state index contributed by atoms with van der Waals surface area (Å²) in [4.78, 5) is 13.5. The highest BCUT2D eigenvalue weighted by Gasteiger charge is 2.22. The maximum absolute atomic E-state index is 5.84. The molecular weight excluding hydrogens is 282 g/mol. The fraction of sp³-hybridized carbons (Fsp3) is 0.417. The minimum atomic E-state index is 0.00702. The zero-order chi connectivity index (χ0) is 13.9. The number of anilines is 2. The van der Waals surface area contributed by atoms with Crippen molar-refractivity contribution in [1.82, 2.24) is 15.0 Å². The molecule has 7 heteroatoms. The molecule has 102 valence electrons. The van der Waals surface area contributed by atoms with Crippen LogP contribution < -0.4 is 10.6 Å². The van der Waals surface area contributed by atoms with Gasteiger partial charge in [-0.25, -0.2) is 0 Å². The first kappa shape index (κ1) is 14.0. The third kappa shape index (κ3) is 3.54.